The van der Waals surface area contributed by atoms with Gasteiger partial charge < -0.3 is 24.1 Å². The fraction of sp³-hybridized carbons (Fsp3) is 0.500. The van der Waals surface area contributed by atoms with Gasteiger partial charge in [0.05, 0.1) is 12.3 Å². The van der Waals surface area contributed by atoms with Gasteiger partial charge in [0.25, 0.3) is 5.91 Å². The third-order valence-electron chi connectivity index (χ3n) is 6.93. The molecule has 2 aromatic rings. The Hall–Kier alpha value is -2.96. The molecule has 1 fully saturated rings. The first-order valence-electron chi connectivity index (χ1n) is 11.1. The summed E-state index contributed by atoms with van der Waals surface area (Å²) in [6, 6.07) is 7.47. The lowest BCUT2D eigenvalue weighted by Crippen LogP contribution is -2.49. The molecule has 31 heavy (non-hydrogen) atoms. The molecule has 2 aliphatic heterocycles. The van der Waals surface area contributed by atoms with Crippen LogP contribution in [0.2, 0.25) is 0 Å². The van der Waals surface area contributed by atoms with Gasteiger partial charge in [-0.3, -0.25) is 9.59 Å². The molecule has 1 atom stereocenters. The van der Waals surface area contributed by atoms with E-state index in [1.54, 1.807) is 12.1 Å². The van der Waals surface area contributed by atoms with Crippen molar-refractivity contribution in [3.63, 3.8) is 0 Å². The highest BCUT2D eigenvalue weighted by Gasteiger charge is 2.46. The Balaban J connectivity index is 1.35. The lowest BCUT2D eigenvalue weighted by atomic mass is 9.71. The summed E-state index contributed by atoms with van der Waals surface area (Å²) in [6.07, 6.45) is 6.21. The Labute approximate surface area is 181 Å². The number of benzene rings is 1. The van der Waals surface area contributed by atoms with Crippen molar-refractivity contribution in [2.75, 3.05) is 26.3 Å². The molecule has 1 aromatic heterocycles. The predicted octanol–water partition coefficient (Wildman–Crippen LogP) is 3.59. The molecule has 7 nitrogen and oxygen atoms in total. The third kappa shape index (κ3) is 3.56. The van der Waals surface area contributed by atoms with Crippen LogP contribution in [-0.4, -0.2) is 43.0 Å². The Morgan fingerprint density at radius 1 is 1.16 bits per heavy atom. The highest BCUT2D eigenvalue weighted by molar-refractivity contribution is 5.91. The van der Waals surface area contributed by atoms with Crippen LogP contribution in [0.25, 0.3) is 0 Å². The van der Waals surface area contributed by atoms with Crippen LogP contribution in [0.1, 0.15) is 66.8 Å². The number of carbonyl (C=O) groups is 2. The zero-order chi connectivity index (χ0) is 21.4. The molecule has 164 valence electrons. The summed E-state index contributed by atoms with van der Waals surface area (Å²) in [4.78, 5) is 27.3. The molecular weight excluding hydrogens is 396 g/mol. The van der Waals surface area contributed by atoms with Crippen molar-refractivity contribution in [1.82, 2.24) is 10.2 Å². The van der Waals surface area contributed by atoms with Gasteiger partial charge >= 0.3 is 0 Å². The minimum Gasteiger partial charge on any atom is -0.486 e. The second kappa shape index (κ2) is 7.94. The average Bonchev–Trinajstić information content (AvgIpc) is 3.48. The molecule has 1 saturated carbocycles. The normalized spacial score (nSPS) is 21.1. The maximum absolute atomic E-state index is 13.2. The SMILES string of the molecule is C[C@@H]1c2cc3c(cc2C2(CCCC2)CN1C(=O)CCNC(=O)c1ccco1)OCCO3. The monoisotopic (exact) mass is 424 g/mol. The Bertz CT molecular complexity index is 978. The number of carbonyl (C=O) groups excluding carboxylic acids is 2. The molecule has 1 spiro atoms. The van der Waals surface area contributed by atoms with Gasteiger partial charge in [-0.25, -0.2) is 0 Å². The zero-order valence-corrected chi connectivity index (χ0v) is 17.8. The lowest BCUT2D eigenvalue weighted by Gasteiger charge is -2.46. The van der Waals surface area contributed by atoms with Gasteiger partial charge in [0.15, 0.2) is 17.3 Å². The maximum atomic E-state index is 13.2. The van der Waals surface area contributed by atoms with E-state index in [4.69, 9.17) is 13.9 Å². The van der Waals surface area contributed by atoms with E-state index in [2.05, 4.69) is 24.4 Å². The summed E-state index contributed by atoms with van der Waals surface area (Å²) < 4.78 is 16.8. The maximum Gasteiger partial charge on any atom is 0.286 e. The first kappa shape index (κ1) is 20.0. The highest BCUT2D eigenvalue weighted by atomic mass is 16.6. The van der Waals surface area contributed by atoms with Crippen molar-refractivity contribution in [3.05, 3.63) is 47.4 Å². The number of nitrogens with one attached hydrogen (secondary N) is 1. The van der Waals surface area contributed by atoms with Gasteiger partial charge in [0.1, 0.15) is 13.2 Å². The fourth-order valence-electron chi connectivity index (χ4n) is 5.33. The number of ether oxygens (including phenoxy) is 2. The molecule has 3 aliphatic rings. The summed E-state index contributed by atoms with van der Waals surface area (Å²) in [6.45, 7) is 4.19. The average molecular weight is 424 g/mol. The summed E-state index contributed by atoms with van der Waals surface area (Å²) in [5.41, 5.74) is 2.45. The van der Waals surface area contributed by atoms with Crippen LogP contribution in [0.4, 0.5) is 0 Å². The largest absolute Gasteiger partial charge is 0.486 e. The molecule has 1 aromatic carbocycles. The number of hydrogen-bond acceptors (Lipinski definition) is 5. The van der Waals surface area contributed by atoms with Gasteiger partial charge in [0, 0.05) is 24.9 Å². The minimum absolute atomic E-state index is 0.0231. The topological polar surface area (TPSA) is 81.0 Å². The van der Waals surface area contributed by atoms with Crippen LogP contribution >= 0.6 is 0 Å². The summed E-state index contributed by atoms with van der Waals surface area (Å²) in [5, 5.41) is 2.77. The number of furan rings is 1. The van der Waals surface area contributed by atoms with E-state index in [0.29, 0.717) is 19.8 Å². The molecule has 3 heterocycles. The van der Waals surface area contributed by atoms with E-state index >= 15 is 0 Å². The molecule has 0 radical (unpaired) electrons. The fourth-order valence-corrected chi connectivity index (χ4v) is 5.33. The van der Waals surface area contributed by atoms with Crippen LogP contribution in [0.3, 0.4) is 0 Å². The van der Waals surface area contributed by atoms with E-state index in [0.717, 1.165) is 29.9 Å². The number of amides is 2. The lowest BCUT2D eigenvalue weighted by molar-refractivity contribution is -0.135. The third-order valence-corrected chi connectivity index (χ3v) is 6.93. The van der Waals surface area contributed by atoms with Crippen molar-refractivity contribution in [1.29, 1.82) is 0 Å². The first-order valence-corrected chi connectivity index (χ1v) is 11.1. The van der Waals surface area contributed by atoms with E-state index in [-0.39, 0.29) is 42.0 Å². The highest BCUT2D eigenvalue weighted by Crippen LogP contribution is 2.51. The number of nitrogens with zero attached hydrogens (tertiary/aromatic N) is 1. The van der Waals surface area contributed by atoms with Crippen LogP contribution in [-0.2, 0) is 10.2 Å². The number of hydrogen-bond donors (Lipinski definition) is 1. The van der Waals surface area contributed by atoms with Crippen molar-refractivity contribution < 1.29 is 23.5 Å². The second-order valence-electron chi connectivity index (χ2n) is 8.75. The second-order valence-corrected chi connectivity index (χ2v) is 8.75. The van der Waals surface area contributed by atoms with Gasteiger partial charge in [-0.1, -0.05) is 12.8 Å². The standard InChI is InChI=1S/C24H28N2O5/c1-16-17-13-20-21(31-12-11-30-20)14-18(17)24(7-2-3-8-24)15-26(16)22(27)6-9-25-23(28)19-5-4-10-29-19/h4-5,10,13-14,16H,2-3,6-9,11-12,15H2,1H3,(H,25,28)/t16-/m1/s1. The Morgan fingerprint density at radius 2 is 1.90 bits per heavy atom. The molecule has 7 heteroatoms. The Kier molecular flexibility index (Phi) is 5.12. The van der Waals surface area contributed by atoms with Crippen LogP contribution in [0, 0.1) is 0 Å². The molecule has 0 bridgehead atoms. The van der Waals surface area contributed by atoms with Crippen LogP contribution in [0.5, 0.6) is 11.5 Å². The zero-order valence-electron chi connectivity index (χ0n) is 17.8. The van der Waals surface area contributed by atoms with Gasteiger partial charge in [-0.05, 0) is 55.2 Å². The van der Waals surface area contributed by atoms with E-state index in [1.165, 1.54) is 24.7 Å². The molecule has 1 aliphatic carbocycles. The van der Waals surface area contributed by atoms with E-state index < -0.39 is 0 Å². The molecular formula is C24H28N2O5. The summed E-state index contributed by atoms with van der Waals surface area (Å²) in [7, 11) is 0. The quantitative estimate of drug-likeness (QED) is 0.811. The van der Waals surface area contributed by atoms with Gasteiger partial charge in [-0.15, -0.1) is 0 Å². The summed E-state index contributed by atoms with van der Waals surface area (Å²) >= 11 is 0. The van der Waals surface area contributed by atoms with Crippen molar-refractivity contribution >= 4 is 11.8 Å². The molecule has 1 N–H and O–H groups in total. The van der Waals surface area contributed by atoms with E-state index in [1.807, 2.05) is 4.90 Å². The van der Waals surface area contributed by atoms with Crippen molar-refractivity contribution in [2.24, 2.45) is 0 Å². The number of fused-ring (bicyclic) bond motifs is 3. The predicted molar refractivity (Wildman–Crippen MR) is 113 cm³/mol. The number of rotatable bonds is 4. The van der Waals surface area contributed by atoms with Gasteiger partial charge in [-0.2, -0.15) is 0 Å². The molecule has 5 rings (SSSR count). The molecule has 2 amide bonds. The first-order chi connectivity index (χ1) is 15.1. The van der Waals surface area contributed by atoms with E-state index in [9.17, 15) is 9.59 Å². The Morgan fingerprint density at radius 3 is 2.61 bits per heavy atom. The molecule has 0 unspecified atom stereocenters. The molecule has 0 saturated heterocycles. The van der Waals surface area contributed by atoms with Crippen LogP contribution in [0.15, 0.2) is 34.9 Å². The van der Waals surface area contributed by atoms with Crippen molar-refractivity contribution in [2.45, 2.75) is 50.5 Å². The van der Waals surface area contributed by atoms with Crippen molar-refractivity contribution in [3.8, 4) is 11.5 Å². The summed E-state index contributed by atoms with van der Waals surface area (Å²) in [5.74, 6) is 1.60. The smallest absolute Gasteiger partial charge is 0.286 e. The van der Waals surface area contributed by atoms with Gasteiger partial charge in [0.2, 0.25) is 5.91 Å². The van der Waals surface area contributed by atoms with Crippen LogP contribution < -0.4 is 14.8 Å². The minimum atomic E-state index is -0.300.